The smallest absolute Gasteiger partial charge is 0.408 e. The Morgan fingerprint density at radius 2 is 1.56 bits per heavy atom. The Kier molecular flexibility index (Phi) is 19.0. The lowest BCUT2D eigenvalue weighted by atomic mass is 9.77. The van der Waals surface area contributed by atoms with Crippen LogP contribution in [0.15, 0.2) is 114 Å². The van der Waals surface area contributed by atoms with Gasteiger partial charge in [0.15, 0.2) is 5.71 Å². The van der Waals surface area contributed by atoms with Crippen molar-refractivity contribution in [1.29, 1.82) is 0 Å². The van der Waals surface area contributed by atoms with Gasteiger partial charge < -0.3 is 30.1 Å². The minimum absolute atomic E-state index is 0.0412. The second-order valence-corrected chi connectivity index (χ2v) is 22.8. The molecule has 0 aromatic heterocycles. The van der Waals surface area contributed by atoms with E-state index in [2.05, 4.69) is 76.5 Å². The number of nitrogens with one attached hydrogen (secondary N) is 3. The first kappa shape index (κ1) is 55.3. The third-order valence-electron chi connectivity index (χ3n) is 12.7. The summed E-state index contributed by atoms with van der Waals surface area (Å²) in [6.07, 6.45) is 15.0. The van der Waals surface area contributed by atoms with Gasteiger partial charge in [0.1, 0.15) is 18.2 Å². The van der Waals surface area contributed by atoms with Crippen molar-refractivity contribution in [1.82, 2.24) is 16.0 Å². The number of benzene rings is 3. The van der Waals surface area contributed by atoms with Crippen LogP contribution in [0.4, 0.5) is 21.9 Å². The largest absolute Gasteiger partial charge is 0.748 e. The maximum absolute atomic E-state index is 12.8. The highest BCUT2D eigenvalue weighted by Crippen LogP contribution is 2.53. The first-order chi connectivity index (χ1) is 33.0. The maximum Gasteiger partial charge on any atom is 0.408 e. The number of carbonyl (C=O) groups is 3. The number of hydrogen-bond donors (Lipinski definition) is 4. The molecule has 70 heavy (non-hydrogen) atoms. The number of unbranched alkanes of at least 4 members (excludes halogenated alkanes) is 4. The molecule has 0 bridgehead atoms. The van der Waals surface area contributed by atoms with Gasteiger partial charge in [-0.25, -0.2) is 26.8 Å². The number of primary sulfonamides is 1. The number of amides is 3. The third kappa shape index (κ3) is 15.0. The van der Waals surface area contributed by atoms with Gasteiger partial charge in [-0.05, 0) is 135 Å². The summed E-state index contributed by atoms with van der Waals surface area (Å²) in [4.78, 5) is 40.0. The lowest BCUT2D eigenvalue weighted by Crippen LogP contribution is -2.48. The molecule has 3 aromatic carbocycles. The fourth-order valence-corrected chi connectivity index (χ4v) is 10.3. The Hall–Kier alpha value is -5.62. The maximum atomic E-state index is 12.8. The van der Waals surface area contributed by atoms with Gasteiger partial charge in [0.2, 0.25) is 27.5 Å². The van der Waals surface area contributed by atoms with Crippen molar-refractivity contribution in [3.8, 4) is 0 Å². The zero-order valence-electron chi connectivity index (χ0n) is 41.8. The number of alkyl carbamates (subject to hydrolysis) is 1. The van der Waals surface area contributed by atoms with Crippen LogP contribution in [0, 0.1) is 0 Å². The van der Waals surface area contributed by atoms with Crippen LogP contribution in [0.3, 0.4) is 0 Å². The van der Waals surface area contributed by atoms with Gasteiger partial charge >= 0.3 is 6.09 Å². The molecule has 2 aliphatic rings. The first-order valence-corrected chi connectivity index (χ1v) is 27.4. The number of nitrogens with two attached hydrogens (primary N) is 1. The van der Waals surface area contributed by atoms with E-state index in [-0.39, 0.29) is 23.1 Å². The van der Waals surface area contributed by atoms with Crippen molar-refractivity contribution < 1.29 is 45.1 Å². The molecule has 2 aliphatic heterocycles. The van der Waals surface area contributed by atoms with Crippen molar-refractivity contribution >= 4 is 60.8 Å². The van der Waals surface area contributed by atoms with Crippen LogP contribution in [-0.2, 0) is 45.3 Å². The van der Waals surface area contributed by atoms with Crippen LogP contribution in [0.5, 0.6) is 0 Å². The van der Waals surface area contributed by atoms with Crippen LogP contribution in [-0.4, -0.2) is 86.6 Å². The molecule has 0 fully saturated rings. The van der Waals surface area contributed by atoms with E-state index in [1.54, 1.807) is 32.9 Å². The van der Waals surface area contributed by atoms with E-state index in [4.69, 9.17) is 9.88 Å². The lowest BCUT2D eigenvalue weighted by molar-refractivity contribution is -0.438. The van der Waals surface area contributed by atoms with Gasteiger partial charge in [0, 0.05) is 71.9 Å². The van der Waals surface area contributed by atoms with Gasteiger partial charge in [-0.2, -0.15) is 4.58 Å². The number of nitrogens with zero attached hydrogens (tertiary/aromatic N) is 2. The normalized spacial score (nSPS) is 17.8. The van der Waals surface area contributed by atoms with E-state index in [0.29, 0.717) is 64.6 Å². The SMILES string of the molecule is CCNC(=O)[C@H](CCCCNC(=O)CCCCC[N+]1=C(/C=C/C=C/C=C2/N(c3ccccc3)c3ccccc3C2(C)CCCCS(=O)(=O)[O-])C(C)(C)c2cc(S(N)(=O)=O)ccc21)NC(=O)OC(C)(C)C. The number of rotatable bonds is 24. The summed E-state index contributed by atoms with van der Waals surface area (Å²) < 4.78 is 66.8. The summed E-state index contributed by atoms with van der Waals surface area (Å²) in [6, 6.07) is 22.5. The minimum atomic E-state index is -4.32. The molecule has 17 heteroatoms. The molecule has 0 aliphatic carbocycles. The Labute approximate surface area is 415 Å². The lowest BCUT2D eigenvalue weighted by Gasteiger charge is -2.30. The number of ether oxygens (including phenoxy) is 1. The van der Waals surface area contributed by atoms with Crippen molar-refractivity contribution in [3.05, 3.63) is 120 Å². The van der Waals surface area contributed by atoms with Crippen molar-refractivity contribution in [2.45, 2.75) is 140 Å². The van der Waals surface area contributed by atoms with Gasteiger partial charge in [-0.1, -0.05) is 61.0 Å². The molecule has 15 nitrogen and oxygen atoms in total. The number of fused-ring (bicyclic) bond motifs is 2. The van der Waals surface area contributed by atoms with Crippen LogP contribution < -0.4 is 26.0 Å². The molecular weight excluding hydrogens is 929 g/mol. The molecule has 2 atom stereocenters. The second kappa shape index (κ2) is 24.0. The quantitative estimate of drug-likeness (QED) is 0.0291. The number of anilines is 2. The predicted octanol–water partition coefficient (Wildman–Crippen LogP) is 8.41. The summed E-state index contributed by atoms with van der Waals surface area (Å²) >= 11 is 0. The van der Waals surface area contributed by atoms with E-state index in [1.807, 2.05) is 61.6 Å². The Morgan fingerprint density at radius 1 is 0.843 bits per heavy atom. The molecule has 2 heterocycles. The first-order valence-electron chi connectivity index (χ1n) is 24.3. The number of allylic oxidation sites excluding steroid dienone is 6. The van der Waals surface area contributed by atoms with Gasteiger partial charge in [0.05, 0.1) is 20.4 Å². The zero-order valence-corrected chi connectivity index (χ0v) is 43.4. The Bertz CT molecular complexity index is 2690. The highest BCUT2D eigenvalue weighted by molar-refractivity contribution is 7.89. The topological polar surface area (TPSA) is 220 Å². The second-order valence-electron chi connectivity index (χ2n) is 19.7. The Morgan fingerprint density at radius 3 is 2.24 bits per heavy atom. The third-order valence-corrected chi connectivity index (χ3v) is 14.4. The molecule has 0 saturated heterocycles. The van der Waals surface area contributed by atoms with Crippen LogP contribution >= 0.6 is 0 Å². The summed E-state index contributed by atoms with van der Waals surface area (Å²) in [5.74, 6) is -0.746. The number of likely N-dealkylation sites (N-methyl/N-ethyl adjacent to an activating group) is 1. The number of sulfonamides is 1. The summed E-state index contributed by atoms with van der Waals surface area (Å²) in [5.41, 5.74) is 5.07. The fraction of sp³-hybridized carbons (Fsp3) is 0.472. The molecule has 0 saturated carbocycles. The highest BCUT2D eigenvalue weighted by atomic mass is 32.2. The van der Waals surface area contributed by atoms with Crippen LogP contribution in [0.25, 0.3) is 0 Å². The average molecular weight is 1000 g/mol. The van der Waals surface area contributed by atoms with E-state index in [1.165, 1.54) is 6.07 Å². The average Bonchev–Trinajstić information content (AvgIpc) is 3.65. The zero-order chi connectivity index (χ0) is 51.3. The molecule has 5 rings (SSSR count). The molecule has 0 spiro atoms. The van der Waals surface area contributed by atoms with E-state index in [0.717, 1.165) is 52.4 Å². The summed E-state index contributed by atoms with van der Waals surface area (Å²) in [7, 11) is -8.28. The van der Waals surface area contributed by atoms with Gasteiger partial charge in [-0.15, -0.1) is 0 Å². The number of hydrogen-bond acceptors (Lipinski definition) is 10. The van der Waals surface area contributed by atoms with E-state index >= 15 is 0 Å². The number of carbonyl (C=O) groups excluding carboxylic acids is 3. The monoisotopic (exact) mass is 1000 g/mol. The van der Waals surface area contributed by atoms with Crippen LogP contribution in [0.2, 0.25) is 0 Å². The number of para-hydroxylation sites is 2. The van der Waals surface area contributed by atoms with Crippen molar-refractivity contribution in [2.24, 2.45) is 5.14 Å². The Balaban J connectivity index is 1.27. The van der Waals surface area contributed by atoms with Gasteiger partial charge in [-0.3, -0.25) is 9.59 Å². The van der Waals surface area contributed by atoms with Crippen molar-refractivity contribution in [2.75, 3.05) is 30.3 Å². The van der Waals surface area contributed by atoms with Crippen molar-refractivity contribution in [3.63, 3.8) is 0 Å². The predicted molar refractivity (Wildman–Crippen MR) is 275 cm³/mol. The summed E-state index contributed by atoms with van der Waals surface area (Å²) in [6.45, 7) is 14.9. The van der Waals surface area contributed by atoms with Gasteiger partial charge in [0.25, 0.3) is 0 Å². The molecule has 3 amide bonds. The molecule has 380 valence electrons. The van der Waals surface area contributed by atoms with E-state index < -0.39 is 54.5 Å². The molecule has 5 N–H and O–H groups in total. The highest BCUT2D eigenvalue weighted by Gasteiger charge is 2.45. The molecule has 1 unspecified atom stereocenters. The minimum Gasteiger partial charge on any atom is -0.748 e. The molecule has 0 radical (unpaired) electrons. The standard InChI is InChI=1S/C53H72N6O9S2/c1-8-55-49(61)43(57-50(62)68-51(2,3)4)27-19-21-35-56-48(60)31-16-11-22-36-58-44-33-32-40(70(54,66)67)38-42(44)52(5,6)46(58)29-14-10-15-30-47-53(7,34-20-23-37-69(63,64)65)41-26-17-18-28-45(41)59(47)39-24-12-9-13-25-39/h9-10,12-15,17-18,24-26,28-30,32-33,38,43H,8,11,16,19-23,27,31,34-37H2,1-7H3,(H5-,54,55,56,57,60,61,62,63,64,65,66,67)/t43-,53?/m0/s1. The fourth-order valence-electron chi connectivity index (χ4n) is 9.25. The van der Waals surface area contributed by atoms with E-state index in [9.17, 15) is 35.8 Å². The molecule has 3 aromatic rings. The molecular formula is C53H72N6O9S2. The summed E-state index contributed by atoms with van der Waals surface area (Å²) in [5, 5.41) is 14.0. The van der Waals surface area contributed by atoms with Crippen LogP contribution in [0.1, 0.15) is 124 Å².